The molecule has 0 saturated heterocycles. The molecule has 0 spiro atoms. The fourth-order valence-corrected chi connectivity index (χ4v) is 3.58. The zero-order chi connectivity index (χ0) is 15.2. The van der Waals surface area contributed by atoms with Crippen LogP contribution in [0.3, 0.4) is 0 Å². The molecule has 20 heavy (non-hydrogen) atoms. The quantitative estimate of drug-likeness (QED) is 0.547. The molecule has 0 aliphatic rings. The molecule has 1 aromatic carbocycles. The van der Waals surface area contributed by atoms with E-state index in [-0.39, 0.29) is 11.5 Å². The van der Waals surface area contributed by atoms with E-state index in [0.717, 1.165) is 11.5 Å². The Kier molecular flexibility index (Phi) is 6.55. The van der Waals surface area contributed by atoms with E-state index in [9.17, 15) is 13.2 Å². The monoisotopic (exact) mass is 315 g/mol. The van der Waals surface area contributed by atoms with Crippen LogP contribution in [-0.2, 0) is 10.0 Å². The summed E-state index contributed by atoms with van der Waals surface area (Å²) >= 11 is 1.71. The van der Waals surface area contributed by atoms with Gasteiger partial charge in [-0.15, -0.1) is 0 Å². The van der Waals surface area contributed by atoms with Crippen molar-refractivity contribution in [1.29, 1.82) is 0 Å². The molecule has 0 aliphatic heterocycles. The summed E-state index contributed by atoms with van der Waals surface area (Å²) in [5, 5.41) is 0. The summed E-state index contributed by atoms with van der Waals surface area (Å²) in [6, 6.07) is 6.73. The molecule has 0 N–H and O–H groups in total. The molecule has 6 heteroatoms. The summed E-state index contributed by atoms with van der Waals surface area (Å²) in [7, 11) is -3.29. The maximum atomic E-state index is 12.2. The van der Waals surface area contributed by atoms with Gasteiger partial charge in [-0.05, 0) is 43.9 Å². The van der Waals surface area contributed by atoms with Crippen molar-refractivity contribution >= 4 is 33.3 Å². The number of ketones is 1. The van der Waals surface area contributed by atoms with Gasteiger partial charge in [0.2, 0.25) is 10.0 Å². The number of carbonyl (C=O) groups is 1. The van der Waals surface area contributed by atoms with Crippen molar-refractivity contribution in [2.75, 3.05) is 28.1 Å². The van der Waals surface area contributed by atoms with E-state index < -0.39 is 10.0 Å². The summed E-state index contributed by atoms with van der Waals surface area (Å²) in [5.74, 6) is 1.76. The molecular formula is C14H21NO3S2. The third-order valence-corrected chi connectivity index (χ3v) is 5.58. The SMILES string of the molecule is CCSCCN(c1ccc(C(C)=O)cc1)S(=O)(=O)CC. The lowest BCUT2D eigenvalue weighted by atomic mass is 10.1. The lowest BCUT2D eigenvalue weighted by molar-refractivity contribution is 0.101. The van der Waals surface area contributed by atoms with Gasteiger partial charge in [-0.1, -0.05) is 6.92 Å². The van der Waals surface area contributed by atoms with Crippen LogP contribution in [0.2, 0.25) is 0 Å². The topological polar surface area (TPSA) is 54.5 Å². The molecule has 0 atom stereocenters. The molecule has 0 fully saturated rings. The predicted molar refractivity (Wildman–Crippen MR) is 86.3 cm³/mol. The zero-order valence-electron chi connectivity index (χ0n) is 12.1. The van der Waals surface area contributed by atoms with Crippen molar-refractivity contribution in [3.05, 3.63) is 29.8 Å². The zero-order valence-corrected chi connectivity index (χ0v) is 13.8. The van der Waals surface area contributed by atoms with E-state index >= 15 is 0 Å². The van der Waals surface area contributed by atoms with Gasteiger partial charge >= 0.3 is 0 Å². The number of hydrogen-bond acceptors (Lipinski definition) is 4. The molecule has 0 amide bonds. The fraction of sp³-hybridized carbons (Fsp3) is 0.500. The molecule has 0 heterocycles. The number of hydrogen-bond donors (Lipinski definition) is 0. The Morgan fingerprint density at radius 1 is 1.20 bits per heavy atom. The minimum Gasteiger partial charge on any atom is -0.295 e. The third kappa shape index (κ3) is 4.52. The second-order valence-electron chi connectivity index (χ2n) is 4.27. The lowest BCUT2D eigenvalue weighted by Crippen LogP contribution is -2.34. The fourth-order valence-electron chi connectivity index (χ4n) is 1.74. The summed E-state index contributed by atoms with van der Waals surface area (Å²) in [6.45, 7) is 5.63. The van der Waals surface area contributed by atoms with Crippen LogP contribution in [0.25, 0.3) is 0 Å². The third-order valence-electron chi connectivity index (χ3n) is 2.91. The molecular weight excluding hydrogens is 294 g/mol. The number of anilines is 1. The van der Waals surface area contributed by atoms with E-state index in [4.69, 9.17) is 0 Å². The highest BCUT2D eigenvalue weighted by molar-refractivity contribution is 7.99. The summed E-state index contributed by atoms with van der Waals surface area (Å²) in [5.41, 5.74) is 1.21. The normalized spacial score (nSPS) is 11.3. The van der Waals surface area contributed by atoms with Crippen LogP contribution in [-0.4, -0.2) is 38.0 Å². The van der Waals surface area contributed by atoms with Crippen molar-refractivity contribution in [3.63, 3.8) is 0 Å². The molecule has 112 valence electrons. The molecule has 0 aromatic heterocycles. The van der Waals surface area contributed by atoms with Gasteiger partial charge in [0.25, 0.3) is 0 Å². The van der Waals surface area contributed by atoms with Gasteiger partial charge in [0.1, 0.15) is 0 Å². The number of nitrogens with zero attached hydrogens (tertiary/aromatic N) is 1. The highest BCUT2D eigenvalue weighted by atomic mass is 32.2. The van der Waals surface area contributed by atoms with Crippen molar-refractivity contribution in [2.45, 2.75) is 20.8 Å². The van der Waals surface area contributed by atoms with Crippen LogP contribution in [0.4, 0.5) is 5.69 Å². The van der Waals surface area contributed by atoms with Crippen molar-refractivity contribution < 1.29 is 13.2 Å². The molecule has 0 radical (unpaired) electrons. The van der Waals surface area contributed by atoms with E-state index in [1.54, 1.807) is 43.0 Å². The highest BCUT2D eigenvalue weighted by Gasteiger charge is 2.20. The maximum Gasteiger partial charge on any atom is 0.234 e. The van der Waals surface area contributed by atoms with Gasteiger partial charge in [0, 0.05) is 17.9 Å². The first kappa shape index (κ1) is 17.0. The molecule has 1 aromatic rings. The summed E-state index contributed by atoms with van der Waals surface area (Å²) in [4.78, 5) is 11.3. The van der Waals surface area contributed by atoms with Crippen molar-refractivity contribution in [2.24, 2.45) is 0 Å². The average molecular weight is 315 g/mol. The highest BCUT2D eigenvalue weighted by Crippen LogP contribution is 2.20. The number of benzene rings is 1. The first-order valence-electron chi connectivity index (χ1n) is 6.61. The Bertz CT molecular complexity index is 538. The van der Waals surface area contributed by atoms with Gasteiger partial charge in [-0.3, -0.25) is 9.10 Å². The van der Waals surface area contributed by atoms with Gasteiger partial charge in [-0.2, -0.15) is 11.8 Å². The molecule has 0 bridgehead atoms. The minimum absolute atomic E-state index is 0.0250. The Morgan fingerprint density at radius 2 is 1.80 bits per heavy atom. The first-order valence-corrected chi connectivity index (χ1v) is 9.38. The lowest BCUT2D eigenvalue weighted by Gasteiger charge is -2.23. The van der Waals surface area contributed by atoms with E-state index in [0.29, 0.717) is 17.8 Å². The minimum atomic E-state index is -3.29. The number of rotatable bonds is 8. The van der Waals surface area contributed by atoms with E-state index in [1.807, 2.05) is 6.92 Å². The van der Waals surface area contributed by atoms with Crippen molar-refractivity contribution in [1.82, 2.24) is 0 Å². The van der Waals surface area contributed by atoms with Gasteiger partial charge in [0.05, 0.1) is 11.4 Å². The summed E-state index contributed by atoms with van der Waals surface area (Å²) < 4.78 is 25.8. The molecule has 0 unspecified atom stereocenters. The molecule has 0 saturated carbocycles. The van der Waals surface area contributed by atoms with E-state index in [2.05, 4.69) is 0 Å². The average Bonchev–Trinajstić information content (AvgIpc) is 2.43. The molecule has 0 aliphatic carbocycles. The van der Waals surface area contributed by atoms with Gasteiger partial charge in [-0.25, -0.2) is 8.42 Å². The number of Topliss-reactive ketones (excluding diaryl/α,β-unsaturated/α-hetero) is 1. The van der Waals surface area contributed by atoms with Crippen LogP contribution < -0.4 is 4.31 Å². The Balaban J connectivity index is 3.00. The van der Waals surface area contributed by atoms with Crippen LogP contribution in [0.1, 0.15) is 31.1 Å². The second kappa shape index (κ2) is 7.69. The number of sulfonamides is 1. The summed E-state index contributed by atoms with van der Waals surface area (Å²) in [6.07, 6.45) is 0. The van der Waals surface area contributed by atoms with Gasteiger partial charge in [0.15, 0.2) is 5.78 Å². The predicted octanol–water partition coefficient (Wildman–Crippen LogP) is 2.80. The Morgan fingerprint density at radius 3 is 2.25 bits per heavy atom. The second-order valence-corrected chi connectivity index (χ2v) is 7.85. The Labute approximate surface area is 125 Å². The van der Waals surface area contributed by atoms with E-state index in [1.165, 1.54) is 11.2 Å². The van der Waals surface area contributed by atoms with Crippen LogP contribution in [0, 0.1) is 0 Å². The van der Waals surface area contributed by atoms with Gasteiger partial charge < -0.3 is 0 Å². The standard InChI is InChI=1S/C14H21NO3S2/c1-4-19-11-10-15(20(17,18)5-2)14-8-6-13(7-9-14)12(3)16/h6-9H,4-5,10-11H2,1-3H3. The number of carbonyl (C=O) groups excluding carboxylic acids is 1. The number of thioether (sulfide) groups is 1. The van der Waals surface area contributed by atoms with Crippen LogP contribution in [0.15, 0.2) is 24.3 Å². The van der Waals surface area contributed by atoms with Crippen LogP contribution in [0.5, 0.6) is 0 Å². The first-order chi connectivity index (χ1) is 9.42. The molecule has 4 nitrogen and oxygen atoms in total. The van der Waals surface area contributed by atoms with Crippen LogP contribution >= 0.6 is 11.8 Å². The maximum absolute atomic E-state index is 12.2. The molecule has 1 rings (SSSR count). The van der Waals surface area contributed by atoms with Crippen molar-refractivity contribution in [3.8, 4) is 0 Å². The largest absolute Gasteiger partial charge is 0.295 e. The Hall–Kier alpha value is -1.01. The smallest absolute Gasteiger partial charge is 0.234 e.